The van der Waals surface area contributed by atoms with Crippen LogP contribution in [0.25, 0.3) is 0 Å². The van der Waals surface area contributed by atoms with Crippen LogP contribution >= 0.6 is 11.8 Å². The van der Waals surface area contributed by atoms with Gasteiger partial charge in [-0.3, -0.25) is 9.59 Å². The lowest BCUT2D eigenvalue weighted by Gasteiger charge is -2.28. The highest BCUT2D eigenvalue weighted by atomic mass is 32.2. The van der Waals surface area contributed by atoms with Gasteiger partial charge in [-0.25, -0.2) is 0 Å². The van der Waals surface area contributed by atoms with E-state index in [0.717, 1.165) is 18.6 Å². The van der Waals surface area contributed by atoms with Crippen molar-refractivity contribution in [3.63, 3.8) is 0 Å². The summed E-state index contributed by atoms with van der Waals surface area (Å²) in [6, 6.07) is 7.03. The van der Waals surface area contributed by atoms with Crippen LogP contribution in [0.5, 0.6) is 5.75 Å². The number of thioether (sulfide) groups is 1. The van der Waals surface area contributed by atoms with E-state index in [9.17, 15) is 9.59 Å². The van der Waals surface area contributed by atoms with Crippen LogP contribution in [-0.2, 0) is 9.59 Å². The van der Waals surface area contributed by atoms with Gasteiger partial charge in [-0.05, 0) is 55.5 Å². The minimum Gasteiger partial charge on any atom is -0.497 e. The van der Waals surface area contributed by atoms with E-state index in [0.29, 0.717) is 16.6 Å². The van der Waals surface area contributed by atoms with Gasteiger partial charge in [0.15, 0.2) is 5.17 Å². The molecule has 1 aromatic carbocycles. The molecule has 0 unspecified atom stereocenters. The maximum Gasteiger partial charge on any atom is 0.240 e. The molecule has 0 radical (unpaired) electrons. The van der Waals surface area contributed by atoms with Crippen molar-refractivity contribution in [1.29, 1.82) is 0 Å². The molecule has 0 spiro atoms. The van der Waals surface area contributed by atoms with E-state index in [4.69, 9.17) is 4.74 Å². The number of carbonyl (C=O) groups excluding carboxylic acids is 2. The summed E-state index contributed by atoms with van der Waals surface area (Å²) >= 11 is 1.23. The van der Waals surface area contributed by atoms with Crippen LogP contribution in [0.15, 0.2) is 46.1 Å². The van der Waals surface area contributed by atoms with Crippen molar-refractivity contribution < 1.29 is 14.3 Å². The van der Waals surface area contributed by atoms with E-state index < -0.39 is 5.25 Å². The van der Waals surface area contributed by atoms with Crippen LogP contribution in [0.4, 0.5) is 5.69 Å². The Morgan fingerprint density at radius 2 is 2.00 bits per heavy atom. The van der Waals surface area contributed by atoms with E-state index in [1.807, 2.05) is 0 Å². The molecule has 8 heteroatoms. The molecule has 1 aliphatic carbocycles. The lowest BCUT2D eigenvalue weighted by atomic mass is 9.77. The molecule has 7 nitrogen and oxygen atoms in total. The van der Waals surface area contributed by atoms with E-state index in [1.54, 1.807) is 31.4 Å². The molecule has 1 aromatic rings. The highest BCUT2D eigenvalue weighted by molar-refractivity contribution is 8.15. The molecule has 3 rings (SSSR count). The molecule has 2 amide bonds. The molecule has 2 aliphatic rings. The number of hydrogen-bond donors (Lipinski definition) is 2. The first kappa shape index (κ1) is 21.1. The molecule has 1 atom stereocenters. The molecular weight excluding hydrogens is 388 g/mol. The van der Waals surface area contributed by atoms with Crippen LogP contribution in [0, 0.1) is 5.41 Å². The van der Waals surface area contributed by atoms with E-state index in [2.05, 4.69) is 47.7 Å². The van der Waals surface area contributed by atoms with Crippen LogP contribution in [0.2, 0.25) is 0 Å². The Labute approximate surface area is 175 Å². The van der Waals surface area contributed by atoms with Gasteiger partial charge in [-0.2, -0.15) is 5.10 Å². The molecule has 29 heavy (non-hydrogen) atoms. The standard InChI is InChI=1S/C21H26N4O3S/c1-13-9-15(12-21(2,3)11-13)24-25-20-23-19(27)17(29-20)10-18(26)22-14-5-7-16(28-4)8-6-14/h5-9,17H,10-12H2,1-4H3,(H,22,26)(H,23,25,27)/b24-15-/t17-/m1/s1. The third-order valence-electron chi connectivity index (χ3n) is 4.62. The Bertz CT molecular complexity index is 888. The Morgan fingerprint density at radius 1 is 1.28 bits per heavy atom. The number of rotatable bonds is 5. The highest BCUT2D eigenvalue weighted by Gasteiger charge is 2.32. The number of methoxy groups -OCH3 is 1. The monoisotopic (exact) mass is 414 g/mol. The van der Waals surface area contributed by atoms with Crippen molar-refractivity contribution in [2.75, 3.05) is 12.4 Å². The Kier molecular flexibility index (Phi) is 6.42. The van der Waals surface area contributed by atoms with Gasteiger partial charge in [-0.15, -0.1) is 5.10 Å². The number of ether oxygens (including phenoxy) is 1. The van der Waals surface area contributed by atoms with Crippen molar-refractivity contribution in [3.8, 4) is 5.75 Å². The van der Waals surface area contributed by atoms with Crippen LogP contribution in [-0.4, -0.2) is 35.1 Å². The fourth-order valence-electron chi connectivity index (χ4n) is 3.51. The van der Waals surface area contributed by atoms with Crippen molar-refractivity contribution in [1.82, 2.24) is 5.32 Å². The zero-order valence-corrected chi connectivity index (χ0v) is 17.9. The number of allylic oxidation sites excluding steroid dienone is 2. The van der Waals surface area contributed by atoms with Crippen molar-refractivity contribution >= 4 is 40.1 Å². The molecule has 1 aliphatic heterocycles. The zero-order chi connectivity index (χ0) is 21.0. The maximum atomic E-state index is 12.3. The maximum absolute atomic E-state index is 12.3. The average molecular weight is 415 g/mol. The first-order valence-corrected chi connectivity index (χ1v) is 10.4. The zero-order valence-electron chi connectivity index (χ0n) is 17.1. The number of anilines is 1. The number of amidine groups is 1. The molecule has 1 fully saturated rings. The van der Waals surface area contributed by atoms with Gasteiger partial charge >= 0.3 is 0 Å². The predicted octanol–water partition coefficient (Wildman–Crippen LogP) is 3.73. The van der Waals surface area contributed by atoms with Crippen LogP contribution in [0.3, 0.4) is 0 Å². The molecular formula is C21H26N4O3S. The quantitative estimate of drug-likeness (QED) is 0.718. The smallest absolute Gasteiger partial charge is 0.240 e. The fourth-order valence-corrected chi connectivity index (χ4v) is 4.43. The van der Waals surface area contributed by atoms with Gasteiger partial charge < -0.3 is 15.4 Å². The Balaban J connectivity index is 1.58. The van der Waals surface area contributed by atoms with Crippen molar-refractivity contribution in [3.05, 3.63) is 35.9 Å². The van der Waals surface area contributed by atoms with E-state index >= 15 is 0 Å². The molecule has 1 saturated heterocycles. The second-order valence-electron chi connectivity index (χ2n) is 8.08. The van der Waals surface area contributed by atoms with Gasteiger partial charge in [0.05, 0.1) is 12.8 Å². The largest absolute Gasteiger partial charge is 0.497 e. The molecule has 2 N–H and O–H groups in total. The first-order chi connectivity index (χ1) is 13.7. The first-order valence-electron chi connectivity index (χ1n) is 9.47. The molecule has 0 aromatic heterocycles. The second kappa shape index (κ2) is 8.82. The van der Waals surface area contributed by atoms with E-state index in [-0.39, 0.29) is 23.7 Å². The summed E-state index contributed by atoms with van der Waals surface area (Å²) in [6.07, 6.45) is 3.99. The molecule has 1 heterocycles. The van der Waals surface area contributed by atoms with Crippen LogP contribution < -0.4 is 15.4 Å². The third-order valence-corrected chi connectivity index (χ3v) is 5.69. The fraction of sp³-hybridized carbons (Fsp3) is 0.429. The molecule has 154 valence electrons. The second-order valence-corrected chi connectivity index (χ2v) is 9.27. The van der Waals surface area contributed by atoms with Crippen molar-refractivity contribution in [2.45, 2.75) is 45.3 Å². The number of benzene rings is 1. The number of amides is 2. The normalized spacial score (nSPS) is 23.7. The number of nitrogens with one attached hydrogen (secondary N) is 2. The molecule has 0 bridgehead atoms. The minimum absolute atomic E-state index is 0.0597. The Morgan fingerprint density at radius 3 is 2.66 bits per heavy atom. The topological polar surface area (TPSA) is 92.2 Å². The summed E-state index contributed by atoms with van der Waals surface area (Å²) in [6.45, 7) is 6.50. The molecule has 0 saturated carbocycles. The number of carbonyl (C=O) groups is 2. The van der Waals surface area contributed by atoms with Gasteiger partial charge in [0, 0.05) is 12.1 Å². The Hall–Kier alpha value is -2.61. The van der Waals surface area contributed by atoms with E-state index in [1.165, 1.54) is 17.3 Å². The SMILES string of the molecule is COc1ccc(NC(=O)C[C@H]2S/C(=N/N=C3/C=C(C)CC(C)(C)C3)NC2=O)cc1. The summed E-state index contributed by atoms with van der Waals surface area (Å²) in [7, 11) is 1.58. The summed E-state index contributed by atoms with van der Waals surface area (Å²) < 4.78 is 5.10. The minimum atomic E-state index is -0.521. The summed E-state index contributed by atoms with van der Waals surface area (Å²) in [4.78, 5) is 24.5. The third kappa shape index (κ3) is 5.93. The van der Waals surface area contributed by atoms with Crippen molar-refractivity contribution in [2.24, 2.45) is 15.6 Å². The van der Waals surface area contributed by atoms with Crippen LogP contribution in [0.1, 0.15) is 40.0 Å². The van der Waals surface area contributed by atoms with Gasteiger partial charge in [0.25, 0.3) is 0 Å². The van der Waals surface area contributed by atoms with Gasteiger partial charge in [0.1, 0.15) is 11.0 Å². The lowest BCUT2D eigenvalue weighted by molar-refractivity contribution is -0.122. The van der Waals surface area contributed by atoms with Gasteiger partial charge in [-0.1, -0.05) is 31.2 Å². The highest BCUT2D eigenvalue weighted by Crippen LogP contribution is 2.34. The summed E-state index contributed by atoms with van der Waals surface area (Å²) in [5, 5.41) is 13.9. The summed E-state index contributed by atoms with van der Waals surface area (Å²) in [5.41, 5.74) is 2.99. The lowest BCUT2D eigenvalue weighted by Crippen LogP contribution is -2.28. The predicted molar refractivity (Wildman–Crippen MR) is 117 cm³/mol. The average Bonchev–Trinajstić information content (AvgIpc) is 2.98. The number of hydrogen-bond acceptors (Lipinski definition) is 6. The van der Waals surface area contributed by atoms with Gasteiger partial charge in [0.2, 0.25) is 11.8 Å². The summed E-state index contributed by atoms with van der Waals surface area (Å²) in [5.74, 6) is 0.250. The number of nitrogens with zero attached hydrogens (tertiary/aromatic N) is 2.